The maximum Gasteiger partial charge on any atom is 0.227 e. The summed E-state index contributed by atoms with van der Waals surface area (Å²) in [5.74, 6) is 2.63. The molecule has 0 radical (unpaired) electrons. The molecule has 0 spiro atoms. The van der Waals surface area contributed by atoms with E-state index in [9.17, 15) is 4.79 Å². The van der Waals surface area contributed by atoms with E-state index in [1.54, 1.807) is 6.92 Å². The van der Waals surface area contributed by atoms with Gasteiger partial charge < -0.3 is 14.4 Å². The van der Waals surface area contributed by atoms with Crippen LogP contribution in [-0.4, -0.2) is 44.0 Å². The molecule has 0 unspecified atom stereocenters. The fourth-order valence-corrected chi connectivity index (χ4v) is 3.85. The second kappa shape index (κ2) is 7.68. The Morgan fingerprint density at radius 2 is 2.30 bits per heavy atom. The molecule has 1 fully saturated rings. The van der Waals surface area contributed by atoms with Crippen molar-refractivity contribution in [3.05, 3.63) is 40.8 Å². The van der Waals surface area contributed by atoms with Gasteiger partial charge in [0.2, 0.25) is 11.8 Å². The summed E-state index contributed by atoms with van der Waals surface area (Å²) in [5.41, 5.74) is 1.88. The Morgan fingerprint density at radius 1 is 1.41 bits per heavy atom. The summed E-state index contributed by atoms with van der Waals surface area (Å²) in [4.78, 5) is 26.7. The molecule has 1 saturated heterocycles. The standard InChI is InChI=1S/C19H22ClN5O2/c1-12-21-18(27-24-12)6-7-19(26)25-8-2-3-13(11-25)9-17-22-15-5-4-14(20)10-16(15)23-17/h4-5,10,13H,2-3,6-9,11H2,1H3,(H,22,23)/t13-/m1/s1. The van der Waals surface area contributed by atoms with Crippen LogP contribution in [0.1, 0.15) is 36.8 Å². The zero-order chi connectivity index (χ0) is 18.8. The van der Waals surface area contributed by atoms with Crippen LogP contribution in [0.5, 0.6) is 0 Å². The first kappa shape index (κ1) is 18.0. The lowest BCUT2D eigenvalue weighted by atomic mass is 9.94. The van der Waals surface area contributed by atoms with Crippen LogP contribution < -0.4 is 0 Å². The predicted octanol–water partition coefficient (Wildman–Crippen LogP) is 3.32. The first-order valence-electron chi connectivity index (χ1n) is 9.28. The maximum atomic E-state index is 12.6. The number of carbonyl (C=O) groups is 1. The number of aryl methyl sites for hydroxylation is 2. The highest BCUT2D eigenvalue weighted by molar-refractivity contribution is 6.31. The van der Waals surface area contributed by atoms with Crippen molar-refractivity contribution in [3.8, 4) is 0 Å². The topological polar surface area (TPSA) is 87.9 Å². The Bertz CT molecular complexity index is 951. The van der Waals surface area contributed by atoms with Crippen LogP contribution in [0.3, 0.4) is 0 Å². The van der Waals surface area contributed by atoms with E-state index in [4.69, 9.17) is 16.1 Å². The van der Waals surface area contributed by atoms with Crippen molar-refractivity contribution in [2.45, 2.75) is 39.0 Å². The fraction of sp³-hybridized carbons (Fsp3) is 0.474. The second-order valence-corrected chi connectivity index (χ2v) is 7.57. The molecule has 1 aliphatic heterocycles. The molecule has 7 nitrogen and oxygen atoms in total. The van der Waals surface area contributed by atoms with E-state index in [0.717, 1.165) is 49.2 Å². The number of likely N-dealkylation sites (tertiary alicyclic amines) is 1. The third-order valence-electron chi connectivity index (χ3n) is 4.97. The van der Waals surface area contributed by atoms with E-state index in [1.165, 1.54) is 0 Å². The summed E-state index contributed by atoms with van der Waals surface area (Å²) in [6.07, 6.45) is 3.84. The number of hydrogen-bond acceptors (Lipinski definition) is 5. The molecular formula is C19H22ClN5O2. The molecule has 1 aromatic carbocycles. The molecule has 1 aliphatic rings. The minimum atomic E-state index is 0.145. The molecule has 1 atom stereocenters. The van der Waals surface area contributed by atoms with Crippen LogP contribution in [0.25, 0.3) is 11.0 Å². The number of imidazole rings is 1. The van der Waals surface area contributed by atoms with Crippen molar-refractivity contribution >= 4 is 28.5 Å². The van der Waals surface area contributed by atoms with E-state index in [2.05, 4.69) is 20.1 Å². The molecule has 27 heavy (non-hydrogen) atoms. The molecule has 4 rings (SSSR count). The van der Waals surface area contributed by atoms with E-state index >= 15 is 0 Å². The number of halogens is 1. The molecule has 8 heteroatoms. The molecule has 2 aromatic heterocycles. The van der Waals surface area contributed by atoms with Gasteiger partial charge in [0, 0.05) is 37.4 Å². The Labute approximate surface area is 162 Å². The summed E-state index contributed by atoms with van der Waals surface area (Å²) in [6, 6.07) is 5.66. The van der Waals surface area contributed by atoms with Gasteiger partial charge in [0.25, 0.3) is 0 Å². The zero-order valence-corrected chi connectivity index (χ0v) is 16.0. The first-order chi connectivity index (χ1) is 13.1. The number of rotatable bonds is 5. The van der Waals surface area contributed by atoms with Gasteiger partial charge in [0.15, 0.2) is 5.82 Å². The van der Waals surface area contributed by atoms with Crippen molar-refractivity contribution < 1.29 is 9.32 Å². The first-order valence-corrected chi connectivity index (χ1v) is 9.66. The van der Waals surface area contributed by atoms with Gasteiger partial charge in [-0.25, -0.2) is 4.98 Å². The number of H-pyrrole nitrogens is 1. The number of aromatic nitrogens is 4. The minimum Gasteiger partial charge on any atom is -0.342 e. The SMILES string of the molecule is Cc1noc(CCC(=O)N2CCC[C@H](Cc3nc4ccc(Cl)cc4[nH]3)C2)n1. The normalized spacial score (nSPS) is 17.6. The summed E-state index contributed by atoms with van der Waals surface area (Å²) < 4.78 is 5.09. The molecule has 3 aromatic rings. The lowest BCUT2D eigenvalue weighted by Crippen LogP contribution is -2.40. The summed E-state index contributed by atoms with van der Waals surface area (Å²) in [5, 5.41) is 4.46. The average Bonchev–Trinajstić information content (AvgIpc) is 3.24. The highest BCUT2D eigenvalue weighted by atomic mass is 35.5. The fourth-order valence-electron chi connectivity index (χ4n) is 3.68. The van der Waals surface area contributed by atoms with E-state index < -0.39 is 0 Å². The van der Waals surface area contributed by atoms with Crippen LogP contribution in [0.15, 0.2) is 22.7 Å². The van der Waals surface area contributed by atoms with Gasteiger partial charge in [-0.05, 0) is 43.9 Å². The Hall–Kier alpha value is -2.41. The van der Waals surface area contributed by atoms with Crippen LogP contribution in [0, 0.1) is 12.8 Å². The minimum absolute atomic E-state index is 0.145. The monoisotopic (exact) mass is 387 g/mol. The molecule has 1 amide bonds. The number of amides is 1. The lowest BCUT2D eigenvalue weighted by molar-refractivity contribution is -0.133. The molecular weight excluding hydrogens is 366 g/mol. The third-order valence-corrected chi connectivity index (χ3v) is 5.20. The highest BCUT2D eigenvalue weighted by Crippen LogP contribution is 2.23. The van der Waals surface area contributed by atoms with Crippen LogP contribution >= 0.6 is 11.6 Å². The lowest BCUT2D eigenvalue weighted by Gasteiger charge is -2.32. The molecule has 3 heterocycles. The smallest absolute Gasteiger partial charge is 0.227 e. The Morgan fingerprint density at radius 3 is 3.11 bits per heavy atom. The largest absolute Gasteiger partial charge is 0.342 e. The quantitative estimate of drug-likeness (QED) is 0.725. The van der Waals surface area contributed by atoms with Crippen LogP contribution in [0.2, 0.25) is 5.02 Å². The van der Waals surface area contributed by atoms with Crippen LogP contribution in [0.4, 0.5) is 0 Å². The molecule has 0 bridgehead atoms. The van der Waals surface area contributed by atoms with Crippen molar-refractivity contribution in [1.29, 1.82) is 0 Å². The van der Waals surface area contributed by atoms with Crippen molar-refractivity contribution in [3.63, 3.8) is 0 Å². The van der Waals surface area contributed by atoms with Crippen molar-refractivity contribution in [2.24, 2.45) is 5.92 Å². The number of benzene rings is 1. The van der Waals surface area contributed by atoms with Gasteiger partial charge in [0.05, 0.1) is 11.0 Å². The number of fused-ring (bicyclic) bond motifs is 1. The maximum absolute atomic E-state index is 12.6. The molecule has 1 N–H and O–H groups in total. The number of carbonyl (C=O) groups excluding carboxylic acids is 1. The van der Waals surface area contributed by atoms with Gasteiger partial charge in [-0.3, -0.25) is 4.79 Å². The number of piperidine rings is 1. The van der Waals surface area contributed by atoms with Crippen LogP contribution in [-0.2, 0) is 17.6 Å². The molecule has 0 aliphatic carbocycles. The molecule has 0 saturated carbocycles. The van der Waals surface area contributed by atoms with Gasteiger partial charge in [-0.1, -0.05) is 16.8 Å². The van der Waals surface area contributed by atoms with E-state index in [-0.39, 0.29) is 5.91 Å². The average molecular weight is 388 g/mol. The number of nitrogens with zero attached hydrogens (tertiary/aromatic N) is 4. The van der Waals surface area contributed by atoms with Crippen molar-refractivity contribution in [2.75, 3.05) is 13.1 Å². The van der Waals surface area contributed by atoms with E-state index in [0.29, 0.717) is 35.5 Å². The van der Waals surface area contributed by atoms with Gasteiger partial charge in [-0.2, -0.15) is 4.98 Å². The number of aromatic amines is 1. The highest BCUT2D eigenvalue weighted by Gasteiger charge is 2.25. The number of nitrogens with one attached hydrogen (secondary N) is 1. The summed E-state index contributed by atoms with van der Waals surface area (Å²) >= 11 is 6.04. The zero-order valence-electron chi connectivity index (χ0n) is 15.2. The second-order valence-electron chi connectivity index (χ2n) is 7.13. The summed E-state index contributed by atoms with van der Waals surface area (Å²) in [7, 11) is 0. The molecule has 142 valence electrons. The number of hydrogen-bond donors (Lipinski definition) is 1. The van der Waals surface area contributed by atoms with Gasteiger partial charge in [0.1, 0.15) is 5.82 Å². The van der Waals surface area contributed by atoms with E-state index in [1.807, 2.05) is 23.1 Å². The summed E-state index contributed by atoms with van der Waals surface area (Å²) in [6.45, 7) is 3.35. The Kier molecular flexibility index (Phi) is 5.11. The Balaban J connectivity index is 1.34. The predicted molar refractivity (Wildman–Crippen MR) is 101 cm³/mol. The van der Waals surface area contributed by atoms with Crippen molar-refractivity contribution in [1.82, 2.24) is 25.0 Å². The van der Waals surface area contributed by atoms with Gasteiger partial charge in [-0.15, -0.1) is 0 Å². The third kappa shape index (κ3) is 4.30. The van der Waals surface area contributed by atoms with Gasteiger partial charge >= 0.3 is 0 Å².